The fraction of sp³-hybridized carbons (Fsp3) is 0.115. The van der Waals surface area contributed by atoms with Gasteiger partial charge in [-0.15, -0.1) is 0 Å². The zero-order valence-corrected chi connectivity index (χ0v) is 37.1. The predicted octanol–water partition coefficient (Wildman–Crippen LogP) is 13.0. The molecule has 0 spiro atoms. The Kier molecular flexibility index (Phi) is 13.4. The number of ether oxygens (including phenoxy) is 3. The first-order chi connectivity index (χ1) is 33.0. The summed E-state index contributed by atoms with van der Waals surface area (Å²) in [7, 11) is 0. The molecule has 9 rings (SSSR count). The van der Waals surface area contributed by atoms with Gasteiger partial charge in [0.1, 0.15) is 36.6 Å². The van der Waals surface area contributed by atoms with Gasteiger partial charge in [0.05, 0.1) is 0 Å². The van der Waals surface area contributed by atoms with Crippen molar-refractivity contribution in [1.82, 2.24) is 0 Å². The fourth-order valence-corrected chi connectivity index (χ4v) is 9.32. The minimum atomic E-state index is -2.06. The molecule has 0 saturated carbocycles. The molecule has 330 valence electrons. The maximum absolute atomic E-state index is 14.8. The third-order valence-electron chi connectivity index (χ3n) is 12.7. The fourth-order valence-electron chi connectivity index (χ4n) is 9.32. The molecule has 0 bridgehead atoms. The van der Waals surface area contributed by atoms with Crippen molar-refractivity contribution < 1.29 is 19.1 Å². The summed E-state index contributed by atoms with van der Waals surface area (Å²) in [4.78, 5) is 14.5. The van der Waals surface area contributed by atoms with E-state index in [1.54, 1.807) is 0 Å². The van der Waals surface area contributed by atoms with E-state index < -0.39 is 42.2 Å². The van der Waals surface area contributed by atoms with Crippen LogP contribution in [0.4, 0.5) is 0 Å². The van der Waals surface area contributed by atoms with E-state index >= 15 is 0 Å². The van der Waals surface area contributed by atoms with Crippen LogP contribution in [0.5, 0.6) is 0 Å². The number of nitro groups is 1. The minimum Gasteiger partial charge on any atom is -0.353 e. The monoisotopic (exact) mass is 877 g/mol. The molecule has 0 aliphatic carbocycles. The highest BCUT2D eigenvalue weighted by atomic mass is 16.6. The Hall–Kier alpha value is -7.74. The Bertz CT molecular complexity index is 2300. The number of hydrogen-bond acceptors (Lipinski definition) is 5. The Labute approximate surface area is 392 Å². The third kappa shape index (κ3) is 8.74. The summed E-state index contributed by atoms with van der Waals surface area (Å²) in [6.45, 7) is -1.29. The Balaban J connectivity index is 1.27. The lowest BCUT2D eigenvalue weighted by Gasteiger charge is -2.42. The smallest absolute Gasteiger partial charge is 0.290 e. The first kappa shape index (κ1) is 44.5. The van der Waals surface area contributed by atoms with Gasteiger partial charge in [0.25, 0.3) is 5.54 Å². The van der Waals surface area contributed by atoms with Crippen LogP contribution in [0.3, 0.4) is 0 Å². The van der Waals surface area contributed by atoms with Gasteiger partial charge in [-0.25, -0.2) is 0 Å². The molecule has 0 aliphatic rings. The van der Waals surface area contributed by atoms with Crippen LogP contribution in [-0.4, -0.2) is 30.3 Å². The maximum atomic E-state index is 14.8. The summed E-state index contributed by atoms with van der Waals surface area (Å²) in [5, 5.41) is 14.8. The van der Waals surface area contributed by atoms with Crippen LogP contribution in [-0.2, 0) is 31.0 Å². The largest absolute Gasteiger partial charge is 0.353 e. The van der Waals surface area contributed by atoms with Crippen molar-refractivity contribution in [3.05, 3.63) is 333 Å². The second-order valence-corrected chi connectivity index (χ2v) is 16.7. The minimum absolute atomic E-state index is 0.254. The quantitative estimate of drug-likeness (QED) is 0.0460. The molecule has 0 fully saturated rings. The van der Waals surface area contributed by atoms with E-state index in [9.17, 15) is 10.1 Å². The van der Waals surface area contributed by atoms with E-state index in [0.29, 0.717) is 0 Å². The standard InChI is InChI=1S/C61H51NO5/c63-62(64)58(46-65-59(49-28-10-1-11-29-49,50-30-12-2-13-31-50)51-32-14-3-15-33-51,47-66-60(52-34-16-4-17-35-52,53-36-18-5-19-37-53)54-38-20-6-21-39-54)48-67-61(55-40-22-7-23-41-55,56-42-24-8-25-43-56)57-44-26-9-27-45-57/h1-45H,46-48H2. The van der Waals surface area contributed by atoms with Crippen molar-refractivity contribution in [3.63, 3.8) is 0 Å². The van der Waals surface area contributed by atoms with Gasteiger partial charge in [-0.3, -0.25) is 10.1 Å². The lowest BCUT2D eigenvalue weighted by molar-refractivity contribution is -0.586. The van der Waals surface area contributed by atoms with Crippen molar-refractivity contribution in [2.24, 2.45) is 0 Å². The van der Waals surface area contributed by atoms with Gasteiger partial charge in [-0.1, -0.05) is 273 Å². The summed E-state index contributed by atoms with van der Waals surface area (Å²) in [5.74, 6) is 0. The average molecular weight is 878 g/mol. The summed E-state index contributed by atoms with van der Waals surface area (Å²) < 4.78 is 22.4. The van der Waals surface area contributed by atoms with Gasteiger partial charge in [-0.05, 0) is 50.1 Å². The van der Waals surface area contributed by atoms with Crippen LogP contribution in [0.25, 0.3) is 0 Å². The lowest BCUT2D eigenvalue weighted by atomic mass is 9.79. The van der Waals surface area contributed by atoms with Crippen LogP contribution < -0.4 is 0 Å². The first-order valence-electron chi connectivity index (χ1n) is 22.6. The van der Waals surface area contributed by atoms with Crippen LogP contribution in [0.1, 0.15) is 50.1 Å². The van der Waals surface area contributed by atoms with E-state index in [2.05, 4.69) is 0 Å². The van der Waals surface area contributed by atoms with Crippen LogP contribution in [0.2, 0.25) is 0 Å². The molecule has 6 nitrogen and oxygen atoms in total. The highest BCUT2D eigenvalue weighted by Crippen LogP contribution is 2.46. The highest BCUT2D eigenvalue weighted by Gasteiger charge is 2.53. The van der Waals surface area contributed by atoms with Crippen LogP contribution in [0, 0.1) is 10.1 Å². The second kappa shape index (κ2) is 20.2. The number of benzene rings is 9. The zero-order chi connectivity index (χ0) is 45.8. The summed E-state index contributed by atoms with van der Waals surface area (Å²) in [5.41, 5.74) is 1.35. The van der Waals surface area contributed by atoms with E-state index in [1.807, 2.05) is 273 Å². The van der Waals surface area contributed by atoms with E-state index in [1.165, 1.54) is 0 Å². The highest BCUT2D eigenvalue weighted by molar-refractivity contribution is 5.50. The predicted molar refractivity (Wildman–Crippen MR) is 265 cm³/mol. The van der Waals surface area contributed by atoms with Gasteiger partial charge in [0.15, 0.2) is 0 Å². The molecular formula is C61H51NO5. The van der Waals surface area contributed by atoms with Gasteiger partial charge in [0.2, 0.25) is 0 Å². The Morgan fingerprint density at radius 3 is 0.522 bits per heavy atom. The van der Waals surface area contributed by atoms with Crippen molar-refractivity contribution in [3.8, 4) is 0 Å². The summed E-state index contributed by atoms with van der Waals surface area (Å²) >= 11 is 0. The molecule has 0 saturated heterocycles. The molecule has 6 heteroatoms. The summed E-state index contributed by atoms with van der Waals surface area (Å²) in [6.07, 6.45) is 0. The van der Waals surface area contributed by atoms with E-state index in [-0.39, 0.29) is 4.92 Å². The third-order valence-corrected chi connectivity index (χ3v) is 12.7. The molecule has 0 amide bonds. The van der Waals surface area contributed by atoms with E-state index in [0.717, 1.165) is 50.1 Å². The molecule has 0 unspecified atom stereocenters. The molecular weight excluding hydrogens is 827 g/mol. The Morgan fingerprint density at radius 1 is 0.269 bits per heavy atom. The molecule has 0 radical (unpaired) electrons. The van der Waals surface area contributed by atoms with Crippen LogP contribution in [0.15, 0.2) is 273 Å². The summed E-state index contributed by atoms with van der Waals surface area (Å²) in [6, 6.07) is 89.2. The van der Waals surface area contributed by atoms with Crippen molar-refractivity contribution in [1.29, 1.82) is 0 Å². The average Bonchev–Trinajstić information content (AvgIpc) is 3.41. The van der Waals surface area contributed by atoms with Gasteiger partial charge in [0, 0.05) is 4.92 Å². The van der Waals surface area contributed by atoms with Crippen LogP contribution >= 0.6 is 0 Å². The number of rotatable bonds is 19. The topological polar surface area (TPSA) is 70.8 Å². The second-order valence-electron chi connectivity index (χ2n) is 16.7. The molecule has 0 N–H and O–H groups in total. The Morgan fingerprint density at radius 2 is 0.403 bits per heavy atom. The van der Waals surface area contributed by atoms with E-state index in [4.69, 9.17) is 14.2 Å². The van der Waals surface area contributed by atoms with Crippen molar-refractivity contribution in [2.75, 3.05) is 19.8 Å². The molecule has 67 heavy (non-hydrogen) atoms. The zero-order valence-electron chi connectivity index (χ0n) is 37.1. The lowest BCUT2D eigenvalue weighted by Crippen LogP contribution is -2.56. The van der Waals surface area contributed by atoms with Gasteiger partial charge < -0.3 is 14.2 Å². The molecule has 0 aromatic heterocycles. The molecule has 0 aliphatic heterocycles. The SMILES string of the molecule is O=[N+]([O-])C(COC(c1ccccc1)(c1ccccc1)c1ccccc1)(COC(c1ccccc1)(c1ccccc1)c1ccccc1)COC(c1ccccc1)(c1ccccc1)c1ccccc1. The number of nitrogens with zero attached hydrogens (tertiary/aromatic N) is 1. The normalized spacial score (nSPS) is 12.1. The maximum Gasteiger partial charge on any atom is 0.290 e. The molecule has 0 heterocycles. The molecule has 9 aromatic carbocycles. The molecule has 0 atom stereocenters. The van der Waals surface area contributed by atoms with Gasteiger partial charge in [-0.2, -0.15) is 0 Å². The van der Waals surface area contributed by atoms with Crippen molar-refractivity contribution in [2.45, 2.75) is 22.3 Å². The molecule has 9 aromatic rings. The number of hydrogen-bond donors (Lipinski definition) is 0. The van der Waals surface area contributed by atoms with Gasteiger partial charge >= 0.3 is 0 Å². The first-order valence-corrected chi connectivity index (χ1v) is 22.6. The van der Waals surface area contributed by atoms with Crippen molar-refractivity contribution >= 4 is 0 Å².